The number of ether oxygens (including phenoxy) is 1. The molecular formula is C12H20N2O4. The van der Waals surface area contributed by atoms with Gasteiger partial charge in [-0.1, -0.05) is 13.8 Å². The second-order valence-electron chi connectivity index (χ2n) is 4.42. The zero-order valence-electron chi connectivity index (χ0n) is 11.1. The van der Waals surface area contributed by atoms with Crippen molar-refractivity contribution in [3.05, 3.63) is 0 Å². The Balaban J connectivity index is 2.74. The van der Waals surface area contributed by atoms with Gasteiger partial charge in [-0.15, -0.1) is 0 Å². The first-order valence-corrected chi connectivity index (χ1v) is 6.22. The molecule has 6 heteroatoms. The maximum atomic E-state index is 12.1. The minimum atomic E-state index is -0.568. The van der Waals surface area contributed by atoms with Crippen molar-refractivity contribution in [3.8, 4) is 0 Å². The first kappa shape index (κ1) is 14.5. The zero-order chi connectivity index (χ0) is 13.7. The summed E-state index contributed by atoms with van der Waals surface area (Å²) in [5, 5.41) is 1.26. The molecule has 1 rings (SSSR count). The van der Waals surface area contributed by atoms with Gasteiger partial charge in [0.2, 0.25) is 11.8 Å². The molecule has 1 unspecified atom stereocenters. The van der Waals surface area contributed by atoms with E-state index in [9.17, 15) is 14.4 Å². The van der Waals surface area contributed by atoms with Crippen LogP contribution in [0.4, 0.5) is 0 Å². The number of hydrazine groups is 1. The highest BCUT2D eigenvalue weighted by Gasteiger charge is 2.34. The molecule has 1 atom stereocenters. The van der Waals surface area contributed by atoms with Gasteiger partial charge in [-0.25, -0.2) is 0 Å². The lowest BCUT2D eigenvalue weighted by molar-refractivity contribution is -0.158. The Morgan fingerprint density at radius 3 is 2.56 bits per heavy atom. The van der Waals surface area contributed by atoms with Crippen LogP contribution >= 0.6 is 0 Å². The van der Waals surface area contributed by atoms with Crippen LogP contribution in [0.5, 0.6) is 0 Å². The fourth-order valence-electron chi connectivity index (χ4n) is 2.08. The highest BCUT2D eigenvalue weighted by Crippen LogP contribution is 2.17. The fraction of sp³-hybridized carbons (Fsp3) is 0.750. The summed E-state index contributed by atoms with van der Waals surface area (Å²) >= 11 is 0. The number of amides is 2. The standard InChI is InChI=1S/C12H20N2O4/c1-4-8(5-2)11(16)14-7-9(12(17)18-3)6-10(15)13-14/h8-9H,4-7H2,1-3H3,(H,13,15). The average molecular weight is 256 g/mol. The summed E-state index contributed by atoms with van der Waals surface area (Å²) in [6.07, 6.45) is 1.49. The normalized spacial score (nSPS) is 19.7. The van der Waals surface area contributed by atoms with Gasteiger partial charge in [0.1, 0.15) is 0 Å². The number of nitrogens with zero attached hydrogens (tertiary/aromatic N) is 1. The first-order valence-electron chi connectivity index (χ1n) is 6.22. The Hall–Kier alpha value is -1.59. The van der Waals surface area contributed by atoms with Gasteiger partial charge < -0.3 is 4.74 Å². The number of nitrogens with one attached hydrogen (secondary N) is 1. The lowest BCUT2D eigenvalue weighted by Crippen LogP contribution is -2.56. The van der Waals surface area contributed by atoms with Crippen LogP contribution in [0.1, 0.15) is 33.1 Å². The van der Waals surface area contributed by atoms with Gasteiger partial charge in [0.05, 0.1) is 19.6 Å². The number of carbonyl (C=O) groups is 3. The van der Waals surface area contributed by atoms with E-state index >= 15 is 0 Å². The third-order valence-electron chi connectivity index (χ3n) is 3.23. The van der Waals surface area contributed by atoms with E-state index in [4.69, 9.17) is 0 Å². The Morgan fingerprint density at radius 2 is 2.06 bits per heavy atom. The van der Waals surface area contributed by atoms with Crippen LogP contribution in [0, 0.1) is 11.8 Å². The summed E-state index contributed by atoms with van der Waals surface area (Å²) in [5.41, 5.74) is 2.51. The predicted octanol–water partition coefficient (Wildman–Crippen LogP) is 0.475. The minimum absolute atomic E-state index is 0.0688. The van der Waals surface area contributed by atoms with E-state index in [-0.39, 0.29) is 30.7 Å². The largest absolute Gasteiger partial charge is 0.469 e. The van der Waals surface area contributed by atoms with E-state index in [1.54, 1.807) is 0 Å². The molecule has 2 amide bonds. The Morgan fingerprint density at radius 1 is 1.44 bits per heavy atom. The highest BCUT2D eigenvalue weighted by molar-refractivity contribution is 5.88. The number of carbonyl (C=O) groups excluding carboxylic acids is 3. The van der Waals surface area contributed by atoms with Gasteiger partial charge in [0.25, 0.3) is 0 Å². The van der Waals surface area contributed by atoms with Crippen LogP contribution in [0.3, 0.4) is 0 Å². The molecule has 0 bridgehead atoms. The topological polar surface area (TPSA) is 75.7 Å². The monoisotopic (exact) mass is 256 g/mol. The number of rotatable bonds is 4. The quantitative estimate of drug-likeness (QED) is 0.742. The molecule has 0 radical (unpaired) electrons. The van der Waals surface area contributed by atoms with Crippen molar-refractivity contribution < 1.29 is 19.1 Å². The van der Waals surface area contributed by atoms with Gasteiger partial charge in [0, 0.05) is 12.3 Å². The van der Waals surface area contributed by atoms with Crippen LogP contribution in [0.25, 0.3) is 0 Å². The smallest absolute Gasteiger partial charge is 0.311 e. The van der Waals surface area contributed by atoms with Crippen molar-refractivity contribution in [1.82, 2.24) is 10.4 Å². The van der Waals surface area contributed by atoms with E-state index in [0.717, 1.165) is 0 Å². The van der Waals surface area contributed by atoms with Crippen molar-refractivity contribution in [1.29, 1.82) is 0 Å². The maximum absolute atomic E-state index is 12.1. The van der Waals surface area contributed by atoms with Crippen molar-refractivity contribution in [2.75, 3.05) is 13.7 Å². The summed E-state index contributed by atoms with van der Waals surface area (Å²) in [7, 11) is 1.28. The summed E-state index contributed by atoms with van der Waals surface area (Å²) in [6, 6.07) is 0. The molecule has 0 aromatic carbocycles. The number of esters is 1. The first-order chi connectivity index (χ1) is 8.53. The molecule has 1 heterocycles. The molecule has 0 saturated carbocycles. The van der Waals surface area contributed by atoms with Gasteiger partial charge in [-0.05, 0) is 12.8 Å². The molecule has 18 heavy (non-hydrogen) atoms. The van der Waals surface area contributed by atoms with Crippen LogP contribution in [0.15, 0.2) is 0 Å². The second-order valence-corrected chi connectivity index (χ2v) is 4.42. The average Bonchev–Trinajstić information content (AvgIpc) is 2.38. The van der Waals surface area contributed by atoms with Gasteiger partial charge in [-0.2, -0.15) is 0 Å². The lowest BCUT2D eigenvalue weighted by atomic mass is 9.99. The van der Waals surface area contributed by atoms with Gasteiger partial charge >= 0.3 is 5.97 Å². The third kappa shape index (κ3) is 3.21. The summed E-state index contributed by atoms with van der Waals surface area (Å²) in [5.74, 6) is -1.60. The zero-order valence-corrected chi connectivity index (χ0v) is 11.1. The van der Waals surface area contributed by atoms with Gasteiger partial charge in [0.15, 0.2) is 0 Å². The van der Waals surface area contributed by atoms with Crippen LogP contribution in [0.2, 0.25) is 0 Å². The Labute approximate surface area is 107 Å². The molecule has 1 aliphatic heterocycles. The summed E-state index contributed by atoms with van der Waals surface area (Å²) in [6.45, 7) is 4.04. The molecule has 1 fully saturated rings. The molecular weight excluding hydrogens is 236 g/mol. The molecule has 1 aliphatic rings. The number of hydrogen-bond acceptors (Lipinski definition) is 4. The SMILES string of the molecule is CCC(CC)C(=O)N1CC(C(=O)OC)CC(=O)N1. The number of methoxy groups -OCH3 is 1. The van der Waals surface area contributed by atoms with Crippen molar-refractivity contribution in [3.63, 3.8) is 0 Å². The second kappa shape index (κ2) is 6.37. The molecule has 0 aliphatic carbocycles. The summed E-state index contributed by atoms with van der Waals surface area (Å²) < 4.78 is 4.62. The molecule has 1 N–H and O–H groups in total. The number of hydrogen-bond donors (Lipinski definition) is 1. The van der Waals surface area contributed by atoms with E-state index in [1.807, 2.05) is 13.8 Å². The molecule has 1 saturated heterocycles. The van der Waals surface area contributed by atoms with Crippen molar-refractivity contribution in [2.45, 2.75) is 33.1 Å². The predicted molar refractivity (Wildman–Crippen MR) is 64.1 cm³/mol. The molecule has 6 nitrogen and oxygen atoms in total. The fourth-order valence-corrected chi connectivity index (χ4v) is 2.08. The van der Waals surface area contributed by atoms with Crippen LogP contribution < -0.4 is 5.43 Å². The van der Waals surface area contributed by atoms with Gasteiger partial charge in [-0.3, -0.25) is 24.8 Å². The van der Waals surface area contributed by atoms with Crippen LogP contribution in [-0.4, -0.2) is 36.4 Å². The van der Waals surface area contributed by atoms with Crippen molar-refractivity contribution in [2.24, 2.45) is 11.8 Å². The molecule has 0 aromatic rings. The van der Waals surface area contributed by atoms with E-state index in [0.29, 0.717) is 12.8 Å². The van der Waals surface area contributed by atoms with Crippen LogP contribution in [-0.2, 0) is 19.1 Å². The minimum Gasteiger partial charge on any atom is -0.469 e. The van der Waals surface area contributed by atoms with Crippen molar-refractivity contribution >= 4 is 17.8 Å². The van der Waals surface area contributed by atoms with E-state index in [1.165, 1.54) is 12.1 Å². The molecule has 0 aromatic heterocycles. The molecule has 0 spiro atoms. The van der Waals surface area contributed by atoms with E-state index < -0.39 is 11.9 Å². The van der Waals surface area contributed by atoms with E-state index in [2.05, 4.69) is 10.2 Å². The summed E-state index contributed by atoms with van der Waals surface area (Å²) in [4.78, 5) is 35.1. The Kier molecular flexibility index (Phi) is 5.12. The Bertz CT molecular complexity index is 339. The lowest BCUT2D eigenvalue weighted by Gasteiger charge is -2.33. The maximum Gasteiger partial charge on any atom is 0.311 e. The molecule has 102 valence electrons. The highest BCUT2D eigenvalue weighted by atomic mass is 16.5. The third-order valence-corrected chi connectivity index (χ3v) is 3.23.